The minimum atomic E-state index is -4.10. The van der Waals surface area contributed by atoms with Gasteiger partial charge in [-0.1, -0.05) is 29.8 Å². The van der Waals surface area contributed by atoms with Gasteiger partial charge in [-0.25, -0.2) is 17.6 Å². The predicted molar refractivity (Wildman–Crippen MR) is 151 cm³/mol. The molecule has 0 aliphatic rings. The molecular formula is C27H37FN6O6S. The summed E-state index contributed by atoms with van der Waals surface area (Å²) in [6, 6.07) is 9.08. The van der Waals surface area contributed by atoms with Gasteiger partial charge in [0.2, 0.25) is 21.8 Å². The van der Waals surface area contributed by atoms with Crippen LogP contribution in [-0.4, -0.2) is 63.4 Å². The van der Waals surface area contributed by atoms with Crippen LogP contribution in [0.4, 0.5) is 4.39 Å². The lowest BCUT2D eigenvalue weighted by atomic mass is 10.0. The number of amides is 2. The maximum atomic E-state index is 13.9. The van der Waals surface area contributed by atoms with Gasteiger partial charge in [-0.2, -0.15) is 4.72 Å². The molecule has 0 aromatic heterocycles. The Labute approximate surface area is 239 Å². The van der Waals surface area contributed by atoms with E-state index >= 15 is 0 Å². The summed E-state index contributed by atoms with van der Waals surface area (Å²) in [4.78, 5) is 39.0. The second kappa shape index (κ2) is 14.6. The average Bonchev–Trinajstić information content (AvgIpc) is 2.89. The third kappa shape index (κ3) is 10.5. The largest absolute Gasteiger partial charge is 0.467 e. The number of carbonyl (C=O) groups is 3. The van der Waals surface area contributed by atoms with Crippen molar-refractivity contribution in [3.63, 3.8) is 0 Å². The van der Waals surface area contributed by atoms with Crippen LogP contribution in [0.3, 0.4) is 0 Å². The van der Waals surface area contributed by atoms with Crippen molar-refractivity contribution in [1.82, 2.24) is 20.7 Å². The summed E-state index contributed by atoms with van der Waals surface area (Å²) in [7, 11) is -2.95. The zero-order chi connectivity index (χ0) is 30.8. The Hall–Kier alpha value is -4.04. The lowest BCUT2D eigenvalue weighted by Crippen LogP contribution is -2.60. The average molecular weight is 593 g/mol. The molecule has 12 nitrogen and oxygen atoms in total. The molecule has 0 saturated carbocycles. The number of sulfonamides is 1. The molecule has 7 N–H and O–H groups in total. The Balaban J connectivity index is 2.26. The number of nitrogens with two attached hydrogens (primary N) is 1. The van der Waals surface area contributed by atoms with Gasteiger partial charge in [-0.3, -0.25) is 15.0 Å². The number of esters is 1. The van der Waals surface area contributed by atoms with Crippen molar-refractivity contribution < 1.29 is 31.9 Å². The summed E-state index contributed by atoms with van der Waals surface area (Å²) in [6.07, 6.45) is 0.311. The summed E-state index contributed by atoms with van der Waals surface area (Å²) >= 11 is 0. The van der Waals surface area contributed by atoms with Crippen LogP contribution in [0.1, 0.15) is 37.8 Å². The number of rotatable bonds is 14. The van der Waals surface area contributed by atoms with Crippen molar-refractivity contribution in [3.8, 4) is 0 Å². The summed E-state index contributed by atoms with van der Waals surface area (Å²) in [5.41, 5.74) is 4.79. The van der Waals surface area contributed by atoms with E-state index in [1.165, 1.54) is 44.2 Å². The fraction of sp³-hybridized carbons (Fsp3) is 0.407. The fourth-order valence-electron chi connectivity index (χ4n) is 3.80. The summed E-state index contributed by atoms with van der Waals surface area (Å²) in [5, 5.41) is 14.9. The van der Waals surface area contributed by atoms with Crippen molar-refractivity contribution in [1.29, 1.82) is 5.41 Å². The molecule has 2 amide bonds. The number of aryl methyl sites for hydroxylation is 1. The molecule has 0 aliphatic carbocycles. The van der Waals surface area contributed by atoms with Crippen molar-refractivity contribution in [2.24, 2.45) is 5.73 Å². The fourth-order valence-corrected chi connectivity index (χ4v) is 5.18. The number of ether oxygens (including phenoxy) is 1. The number of nitrogens with one attached hydrogen (secondary N) is 5. The van der Waals surface area contributed by atoms with E-state index in [9.17, 15) is 27.2 Å². The highest BCUT2D eigenvalue weighted by atomic mass is 32.2. The molecule has 41 heavy (non-hydrogen) atoms. The van der Waals surface area contributed by atoms with E-state index in [1.807, 2.05) is 0 Å². The molecule has 2 rings (SSSR count). The first-order valence-electron chi connectivity index (χ1n) is 12.8. The smallest absolute Gasteiger partial charge is 0.328 e. The van der Waals surface area contributed by atoms with E-state index in [2.05, 4.69) is 20.7 Å². The standard InChI is InChI=1S/C27H37FN6O6S/c1-17-10-12-20(13-11-17)41(38,39)34-27(2,3)25(37)33-22(16-18-7-5-8-19(28)15-18)23(35)32-21(24(36)40-4)9-6-14-31-26(29)30/h5,7-8,10-13,15,21-22,34H,6,9,14,16H2,1-4H3,(H,32,35)(H,33,37)(H4,29,30,31). The molecule has 0 saturated heterocycles. The van der Waals surface area contributed by atoms with Crippen LogP contribution in [0.5, 0.6) is 0 Å². The molecule has 0 heterocycles. The Morgan fingerprint density at radius 3 is 2.32 bits per heavy atom. The van der Waals surface area contributed by atoms with Crippen molar-refractivity contribution >= 4 is 33.8 Å². The molecule has 2 atom stereocenters. The van der Waals surface area contributed by atoms with Gasteiger partial charge in [0.15, 0.2) is 5.96 Å². The number of hydrogen-bond donors (Lipinski definition) is 6. The van der Waals surface area contributed by atoms with Crippen LogP contribution in [0.15, 0.2) is 53.4 Å². The van der Waals surface area contributed by atoms with E-state index in [-0.39, 0.29) is 30.2 Å². The molecule has 0 radical (unpaired) electrons. The predicted octanol–water partition coefficient (Wildman–Crippen LogP) is 0.840. The van der Waals surface area contributed by atoms with Gasteiger partial charge in [0.25, 0.3) is 0 Å². The highest BCUT2D eigenvalue weighted by Gasteiger charge is 2.36. The first kappa shape index (κ1) is 33.2. The zero-order valence-electron chi connectivity index (χ0n) is 23.4. The number of benzene rings is 2. The molecule has 0 aliphatic heterocycles. The summed E-state index contributed by atoms with van der Waals surface area (Å²) < 4.78 is 46.9. The van der Waals surface area contributed by atoms with Gasteiger partial charge in [-0.05, 0) is 63.4 Å². The minimum Gasteiger partial charge on any atom is -0.467 e. The summed E-state index contributed by atoms with van der Waals surface area (Å²) in [5.74, 6) is -3.13. The lowest BCUT2D eigenvalue weighted by Gasteiger charge is -2.28. The van der Waals surface area contributed by atoms with Gasteiger partial charge >= 0.3 is 5.97 Å². The second-order valence-corrected chi connectivity index (χ2v) is 11.7. The Bertz CT molecular complexity index is 1350. The SMILES string of the molecule is COC(=O)C(CCCNC(=N)N)NC(=O)C(Cc1cccc(F)c1)NC(=O)C(C)(C)NS(=O)(=O)c1ccc(C)cc1. The van der Waals surface area contributed by atoms with E-state index in [0.717, 1.165) is 12.7 Å². The number of guanidine groups is 1. The molecule has 2 aromatic rings. The van der Waals surface area contributed by atoms with Crippen LogP contribution in [0.25, 0.3) is 0 Å². The van der Waals surface area contributed by atoms with E-state index < -0.39 is 51.2 Å². The maximum absolute atomic E-state index is 13.9. The number of carbonyl (C=O) groups excluding carboxylic acids is 3. The van der Waals surface area contributed by atoms with Gasteiger partial charge in [0, 0.05) is 13.0 Å². The monoisotopic (exact) mass is 592 g/mol. The zero-order valence-corrected chi connectivity index (χ0v) is 24.2. The van der Waals surface area contributed by atoms with E-state index in [4.69, 9.17) is 15.9 Å². The van der Waals surface area contributed by atoms with Crippen molar-refractivity contribution in [2.45, 2.75) is 62.6 Å². The second-order valence-electron chi connectivity index (χ2n) is 9.97. The summed E-state index contributed by atoms with van der Waals surface area (Å²) in [6.45, 7) is 4.74. The molecule has 2 unspecified atom stereocenters. The van der Waals surface area contributed by atoms with Crippen LogP contribution < -0.4 is 26.4 Å². The maximum Gasteiger partial charge on any atom is 0.328 e. The number of halogens is 1. The molecule has 224 valence electrons. The lowest BCUT2D eigenvalue weighted by molar-refractivity contribution is -0.145. The third-order valence-electron chi connectivity index (χ3n) is 6.03. The number of hydrogen-bond acceptors (Lipinski definition) is 7. The number of methoxy groups -OCH3 is 1. The van der Waals surface area contributed by atoms with Crippen LogP contribution in [-0.2, 0) is 35.6 Å². The van der Waals surface area contributed by atoms with Gasteiger partial charge < -0.3 is 26.4 Å². The van der Waals surface area contributed by atoms with E-state index in [0.29, 0.717) is 12.0 Å². The molecule has 14 heteroatoms. The normalized spacial score (nSPS) is 13.0. The first-order valence-corrected chi connectivity index (χ1v) is 14.2. The topological polar surface area (TPSA) is 193 Å². The van der Waals surface area contributed by atoms with Crippen molar-refractivity contribution in [2.75, 3.05) is 13.7 Å². The highest BCUT2D eigenvalue weighted by molar-refractivity contribution is 7.89. The van der Waals surface area contributed by atoms with Crippen LogP contribution in [0.2, 0.25) is 0 Å². The van der Waals surface area contributed by atoms with Gasteiger partial charge in [-0.15, -0.1) is 0 Å². The molecular weight excluding hydrogens is 555 g/mol. The van der Waals surface area contributed by atoms with Crippen LogP contribution in [0, 0.1) is 18.2 Å². The van der Waals surface area contributed by atoms with Crippen LogP contribution >= 0.6 is 0 Å². The van der Waals surface area contributed by atoms with E-state index in [1.54, 1.807) is 25.1 Å². The Morgan fingerprint density at radius 2 is 1.73 bits per heavy atom. The third-order valence-corrected chi connectivity index (χ3v) is 7.70. The Kier molecular flexibility index (Phi) is 11.8. The first-order chi connectivity index (χ1) is 19.1. The van der Waals surface area contributed by atoms with Crippen molar-refractivity contribution in [3.05, 3.63) is 65.5 Å². The van der Waals surface area contributed by atoms with Gasteiger partial charge in [0.05, 0.1) is 12.0 Å². The highest BCUT2D eigenvalue weighted by Crippen LogP contribution is 2.15. The molecule has 2 aromatic carbocycles. The molecule has 0 spiro atoms. The molecule has 0 bridgehead atoms. The van der Waals surface area contributed by atoms with Gasteiger partial charge in [0.1, 0.15) is 23.4 Å². The Morgan fingerprint density at radius 1 is 1.07 bits per heavy atom. The quantitative estimate of drug-likeness (QED) is 0.0804. The molecule has 0 fully saturated rings. The minimum absolute atomic E-state index is 0.0433.